The number of hydrogen-bond donors (Lipinski definition) is 1. The highest BCUT2D eigenvalue weighted by Crippen LogP contribution is 2.29. The van der Waals surface area contributed by atoms with Crippen LogP contribution in [0.2, 0.25) is 0 Å². The summed E-state index contributed by atoms with van der Waals surface area (Å²) in [5, 5.41) is 9.30. The van der Waals surface area contributed by atoms with Gasteiger partial charge < -0.3 is 5.11 Å². The van der Waals surface area contributed by atoms with E-state index in [9.17, 15) is 5.11 Å². The van der Waals surface area contributed by atoms with Gasteiger partial charge in [-0.25, -0.2) is 0 Å². The van der Waals surface area contributed by atoms with Gasteiger partial charge in [0.15, 0.2) is 0 Å². The predicted octanol–water partition coefficient (Wildman–Crippen LogP) is 3.57. The third-order valence-corrected chi connectivity index (χ3v) is 2.73. The third kappa shape index (κ3) is 3.08. The van der Waals surface area contributed by atoms with Crippen molar-refractivity contribution in [1.82, 2.24) is 0 Å². The average molecular weight is 219 g/mol. The summed E-state index contributed by atoms with van der Waals surface area (Å²) in [4.78, 5) is 0. The van der Waals surface area contributed by atoms with Crippen LogP contribution in [0.4, 0.5) is 0 Å². The van der Waals surface area contributed by atoms with E-state index in [0.29, 0.717) is 0 Å². The van der Waals surface area contributed by atoms with Crippen LogP contribution in [0.5, 0.6) is 0 Å². The Kier molecular flexibility index (Phi) is 3.49. The minimum absolute atomic E-state index is 0.0746. The molecule has 0 aromatic heterocycles. The first-order valence-corrected chi connectivity index (χ1v) is 5.82. The van der Waals surface area contributed by atoms with Gasteiger partial charge in [0.2, 0.25) is 0 Å². The average Bonchev–Trinajstić information content (AvgIpc) is 2.14. The van der Waals surface area contributed by atoms with Gasteiger partial charge >= 0.3 is 0 Å². The Morgan fingerprint density at radius 1 is 0.938 bits per heavy atom. The first kappa shape index (κ1) is 13.2. The van der Waals surface area contributed by atoms with Crippen LogP contribution in [-0.2, 0) is 17.4 Å². The van der Waals surface area contributed by atoms with Gasteiger partial charge in [-0.2, -0.15) is 0 Å². The molecule has 1 aromatic carbocycles. The minimum Gasteiger partial charge on any atom is -0.392 e. The maximum absolute atomic E-state index is 9.30. The highest BCUT2D eigenvalue weighted by atomic mass is 16.3. The van der Waals surface area contributed by atoms with Gasteiger partial charge in [0.25, 0.3) is 0 Å². The molecule has 0 amide bonds. The van der Waals surface area contributed by atoms with E-state index in [2.05, 4.69) is 59.7 Å². The molecule has 0 saturated carbocycles. The van der Waals surface area contributed by atoms with E-state index in [1.807, 2.05) is 0 Å². The monoisotopic (exact) mass is 219 g/mol. The van der Waals surface area contributed by atoms with Crippen molar-refractivity contribution >= 4 is 0 Å². The molecule has 1 heteroatoms. The molecule has 1 N–H and O–H groups in total. The van der Waals surface area contributed by atoms with Gasteiger partial charge in [-0.15, -0.1) is 0 Å². The van der Waals surface area contributed by atoms with Gasteiger partial charge in [-0.05, 0) is 33.6 Å². The summed E-state index contributed by atoms with van der Waals surface area (Å²) in [6.07, 6.45) is 0. The number of benzene rings is 1. The van der Waals surface area contributed by atoms with Gasteiger partial charge in [0.05, 0.1) is 6.61 Å². The lowest BCUT2D eigenvalue weighted by molar-refractivity contribution is 0.281. The zero-order valence-corrected chi connectivity index (χ0v) is 11.3. The highest BCUT2D eigenvalue weighted by molar-refractivity contribution is 5.35. The largest absolute Gasteiger partial charge is 0.392 e. The van der Waals surface area contributed by atoms with E-state index >= 15 is 0 Å². The second kappa shape index (κ2) is 4.21. The molecule has 0 unspecified atom stereocenters. The predicted molar refractivity (Wildman–Crippen MR) is 68.6 cm³/mol. The van der Waals surface area contributed by atoms with Gasteiger partial charge in [-0.3, -0.25) is 0 Å². The first-order chi connectivity index (χ1) is 7.14. The molecule has 0 aliphatic carbocycles. The quantitative estimate of drug-likeness (QED) is 0.765. The SMILES string of the molecule is CC(C)(C)c1[c]c(C(C)(C)C)cc(CO)c1. The molecule has 1 nitrogen and oxygen atoms in total. The van der Waals surface area contributed by atoms with Crippen molar-refractivity contribution in [3.8, 4) is 0 Å². The molecular weight excluding hydrogens is 196 g/mol. The molecule has 0 saturated heterocycles. The smallest absolute Gasteiger partial charge is 0.0682 e. The summed E-state index contributed by atoms with van der Waals surface area (Å²) < 4.78 is 0. The van der Waals surface area contributed by atoms with Crippen LogP contribution in [0.25, 0.3) is 0 Å². The van der Waals surface area contributed by atoms with Crippen molar-refractivity contribution < 1.29 is 5.11 Å². The van der Waals surface area contributed by atoms with Gasteiger partial charge in [-0.1, -0.05) is 53.7 Å². The van der Waals surface area contributed by atoms with Crippen molar-refractivity contribution in [3.63, 3.8) is 0 Å². The molecule has 0 spiro atoms. The van der Waals surface area contributed by atoms with Crippen LogP contribution < -0.4 is 0 Å². The van der Waals surface area contributed by atoms with Crippen LogP contribution in [0.3, 0.4) is 0 Å². The summed E-state index contributed by atoms with van der Waals surface area (Å²) in [6, 6.07) is 7.59. The zero-order valence-electron chi connectivity index (χ0n) is 11.3. The van der Waals surface area contributed by atoms with E-state index in [0.717, 1.165) is 5.56 Å². The van der Waals surface area contributed by atoms with Crippen LogP contribution in [0.15, 0.2) is 12.1 Å². The molecule has 0 aliphatic rings. The van der Waals surface area contributed by atoms with Crippen molar-refractivity contribution in [1.29, 1.82) is 0 Å². The van der Waals surface area contributed by atoms with Crippen molar-refractivity contribution in [3.05, 3.63) is 34.9 Å². The van der Waals surface area contributed by atoms with E-state index in [1.165, 1.54) is 11.1 Å². The van der Waals surface area contributed by atoms with E-state index in [4.69, 9.17) is 0 Å². The van der Waals surface area contributed by atoms with Gasteiger partial charge in [0.1, 0.15) is 0 Å². The topological polar surface area (TPSA) is 20.2 Å². The number of aliphatic hydroxyl groups excluding tert-OH is 1. The van der Waals surface area contributed by atoms with E-state index in [-0.39, 0.29) is 17.4 Å². The first-order valence-electron chi connectivity index (χ1n) is 5.82. The van der Waals surface area contributed by atoms with Crippen molar-refractivity contribution in [2.75, 3.05) is 0 Å². The number of aliphatic hydroxyl groups is 1. The van der Waals surface area contributed by atoms with Crippen molar-refractivity contribution in [2.24, 2.45) is 0 Å². The van der Waals surface area contributed by atoms with Crippen molar-refractivity contribution in [2.45, 2.75) is 59.0 Å². The van der Waals surface area contributed by atoms with E-state index in [1.54, 1.807) is 0 Å². The lowest BCUT2D eigenvalue weighted by Crippen LogP contribution is -2.17. The maximum atomic E-state index is 9.30. The number of rotatable bonds is 1. The summed E-state index contributed by atoms with van der Waals surface area (Å²) in [6.45, 7) is 13.1. The summed E-state index contributed by atoms with van der Waals surface area (Å²) >= 11 is 0. The Hall–Kier alpha value is -0.820. The van der Waals surface area contributed by atoms with E-state index < -0.39 is 0 Å². The molecule has 16 heavy (non-hydrogen) atoms. The third-order valence-electron chi connectivity index (χ3n) is 2.73. The Labute approximate surface area is 99.5 Å². The molecule has 0 bridgehead atoms. The molecular formula is C15H23O. The Morgan fingerprint density at radius 3 is 1.56 bits per heavy atom. The highest BCUT2D eigenvalue weighted by Gasteiger charge is 2.20. The fourth-order valence-corrected chi connectivity index (χ4v) is 1.53. The molecule has 89 valence electrons. The summed E-state index contributed by atoms with van der Waals surface area (Å²) in [5.41, 5.74) is 3.47. The van der Waals surface area contributed by atoms with Crippen LogP contribution in [0, 0.1) is 6.07 Å². The normalized spacial score (nSPS) is 12.9. The second-order valence-corrected chi connectivity index (χ2v) is 6.47. The Morgan fingerprint density at radius 2 is 1.31 bits per heavy atom. The standard InChI is InChI=1S/C15H23O/c1-14(2,3)12-7-11(10-16)8-13(9-12)15(4,5)6/h7-8,16H,10H2,1-6H3. The number of hydrogen-bond acceptors (Lipinski definition) is 1. The molecule has 1 aromatic rings. The van der Waals surface area contributed by atoms with Crippen LogP contribution in [0.1, 0.15) is 58.2 Å². The molecule has 0 fully saturated rings. The molecule has 0 heterocycles. The van der Waals surface area contributed by atoms with Crippen LogP contribution >= 0.6 is 0 Å². The van der Waals surface area contributed by atoms with Crippen LogP contribution in [-0.4, -0.2) is 5.11 Å². The Bertz CT molecular complexity index is 332. The fourth-order valence-electron chi connectivity index (χ4n) is 1.53. The zero-order chi connectivity index (χ0) is 12.6. The maximum Gasteiger partial charge on any atom is 0.0682 e. The molecule has 1 radical (unpaired) electrons. The van der Waals surface area contributed by atoms with Gasteiger partial charge in [0, 0.05) is 0 Å². The summed E-state index contributed by atoms with van der Waals surface area (Å²) in [5.74, 6) is 0. The molecule has 1 rings (SSSR count). The lowest BCUT2D eigenvalue weighted by Gasteiger charge is -2.25. The second-order valence-electron chi connectivity index (χ2n) is 6.47. The fraction of sp³-hybridized carbons (Fsp3) is 0.600. The Balaban J connectivity index is 3.33. The lowest BCUT2D eigenvalue weighted by atomic mass is 9.79. The molecule has 0 aliphatic heterocycles. The minimum atomic E-state index is 0.0746. The summed E-state index contributed by atoms with van der Waals surface area (Å²) in [7, 11) is 0. The molecule has 0 atom stereocenters.